The van der Waals surface area contributed by atoms with Crippen molar-refractivity contribution >= 4 is 11.9 Å². The Bertz CT molecular complexity index is 640. The molecule has 2 aliphatic rings. The van der Waals surface area contributed by atoms with Gasteiger partial charge in [-0.2, -0.15) is 0 Å². The molecule has 0 unspecified atom stereocenters. The first-order valence-corrected chi connectivity index (χ1v) is 8.48. The Hall–Kier alpha value is -1.84. The minimum atomic E-state index is -0.809. The van der Waals surface area contributed by atoms with Crippen molar-refractivity contribution in [2.24, 2.45) is 23.7 Å². The molecule has 0 spiro atoms. The number of nitrogens with one attached hydrogen (secondary N) is 1. The molecule has 1 aromatic carbocycles. The van der Waals surface area contributed by atoms with E-state index < -0.39 is 11.9 Å². The molecule has 0 saturated heterocycles. The quantitative estimate of drug-likeness (QED) is 0.896. The lowest BCUT2D eigenvalue weighted by atomic mass is 9.78. The van der Waals surface area contributed by atoms with Crippen molar-refractivity contribution in [1.82, 2.24) is 5.32 Å². The third-order valence-corrected chi connectivity index (χ3v) is 5.89. The average Bonchev–Trinajstić information content (AvgIpc) is 3.10. The van der Waals surface area contributed by atoms with E-state index in [0.29, 0.717) is 0 Å². The zero-order chi connectivity index (χ0) is 16.7. The highest BCUT2D eigenvalue weighted by atomic mass is 16.4. The molecule has 124 valence electrons. The number of carbonyl (C=O) groups excluding carboxylic acids is 1. The Labute approximate surface area is 137 Å². The Morgan fingerprint density at radius 3 is 2.39 bits per heavy atom. The van der Waals surface area contributed by atoms with Crippen molar-refractivity contribution in [1.29, 1.82) is 0 Å². The van der Waals surface area contributed by atoms with Crippen LogP contribution in [0.3, 0.4) is 0 Å². The second kappa shape index (κ2) is 5.99. The van der Waals surface area contributed by atoms with Crippen molar-refractivity contribution in [3.63, 3.8) is 0 Å². The lowest BCUT2D eigenvalue weighted by Crippen LogP contribution is -2.42. The van der Waals surface area contributed by atoms with Gasteiger partial charge in [0.05, 0.1) is 17.9 Å². The molecule has 4 nitrogen and oxygen atoms in total. The van der Waals surface area contributed by atoms with Crippen molar-refractivity contribution in [2.45, 2.75) is 46.1 Å². The number of carboxylic acids is 1. The predicted molar refractivity (Wildman–Crippen MR) is 87.9 cm³/mol. The van der Waals surface area contributed by atoms with Crippen LogP contribution >= 0.6 is 0 Å². The van der Waals surface area contributed by atoms with Gasteiger partial charge >= 0.3 is 5.97 Å². The maximum absolute atomic E-state index is 12.7. The Morgan fingerprint density at radius 2 is 1.78 bits per heavy atom. The van der Waals surface area contributed by atoms with E-state index in [1.54, 1.807) is 0 Å². The van der Waals surface area contributed by atoms with Gasteiger partial charge in [-0.1, -0.05) is 18.2 Å². The summed E-state index contributed by atoms with van der Waals surface area (Å²) < 4.78 is 0. The van der Waals surface area contributed by atoms with Crippen LogP contribution in [0.5, 0.6) is 0 Å². The number of fused-ring (bicyclic) bond motifs is 2. The molecular formula is C19H25NO3. The summed E-state index contributed by atoms with van der Waals surface area (Å²) in [7, 11) is 0. The number of hydrogen-bond acceptors (Lipinski definition) is 2. The highest BCUT2D eigenvalue weighted by molar-refractivity contribution is 5.86. The van der Waals surface area contributed by atoms with E-state index in [1.165, 1.54) is 11.1 Å². The highest BCUT2D eigenvalue weighted by Crippen LogP contribution is 2.52. The van der Waals surface area contributed by atoms with Crippen LogP contribution < -0.4 is 5.32 Å². The molecule has 1 amide bonds. The maximum atomic E-state index is 12.7. The van der Waals surface area contributed by atoms with Crippen molar-refractivity contribution in [3.05, 3.63) is 34.9 Å². The topological polar surface area (TPSA) is 66.4 Å². The van der Waals surface area contributed by atoms with Crippen LogP contribution in [0.15, 0.2) is 18.2 Å². The van der Waals surface area contributed by atoms with Gasteiger partial charge in [0.2, 0.25) is 5.91 Å². The molecule has 2 bridgehead atoms. The van der Waals surface area contributed by atoms with E-state index in [9.17, 15) is 14.7 Å². The van der Waals surface area contributed by atoms with Gasteiger partial charge in [0.15, 0.2) is 0 Å². The van der Waals surface area contributed by atoms with Gasteiger partial charge in [0, 0.05) is 0 Å². The van der Waals surface area contributed by atoms with Crippen LogP contribution in [0.4, 0.5) is 0 Å². The first-order valence-electron chi connectivity index (χ1n) is 8.48. The van der Waals surface area contributed by atoms with Gasteiger partial charge in [0.1, 0.15) is 0 Å². The number of benzene rings is 1. The Morgan fingerprint density at radius 1 is 1.13 bits per heavy atom. The minimum Gasteiger partial charge on any atom is -0.481 e. The molecule has 0 aliphatic heterocycles. The van der Waals surface area contributed by atoms with Crippen LogP contribution in [0, 0.1) is 37.5 Å². The van der Waals surface area contributed by atoms with Crippen molar-refractivity contribution in [2.75, 3.05) is 0 Å². The third kappa shape index (κ3) is 2.87. The molecule has 3 rings (SSSR count). The van der Waals surface area contributed by atoms with Gasteiger partial charge in [-0.05, 0) is 68.6 Å². The largest absolute Gasteiger partial charge is 0.481 e. The number of rotatable bonds is 4. The van der Waals surface area contributed by atoms with Crippen LogP contribution in [-0.4, -0.2) is 17.0 Å². The number of aliphatic carboxylic acids is 1. The SMILES string of the molecule is Cc1ccc([C@@H](C)NC(=O)[C@H]2[C@@H]3CC[C@@H](C3)[C@@H]2C(=O)O)cc1C. The zero-order valence-electron chi connectivity index (χ0n) is 14.0. The number of carbonyl (C=O) groups is 2. The molecule has 0 aromatic heterocycles. The van der Waals surface area contributed by atoms with Crippen LogP contribution in [0.1, 0.15) is 48.9 Å². The van der Waals surface area contributed by atoms with Gasteiger partial charge in [-0.15, -0.1) is 0 Å². The second-order valence-electron chi connectivity index (χ2n) is 7.30. The van der Waals surface area contributed by atoms with Gasteiger partial charge in [-0.3, -0.25) is 9.59 Å². The molecule has 23 heavy (non-hydrogen) atoms. The minimum absolute atomic E-state index is 0.0877. The van der Waals surface area contributed by atoms with Gasteiger partial charge < -0.3 is 10.4 Å². The number of amides is 1. The number of aryl methyl sites for hydroxylation is 2. The summed E-state index contributed by atoms with van der Waals surface area (Å²) in [5.74, 6) is -1.33. The number of carboxylic acid groups (broad SMARTS) is 1. The fraction of sp³-hybridized carbons (Fsp3) is 0.579. The normalized spacial score (nSPS) is 30.2. The molecule has 5 atom stereocenters. The molecule has 1 aromatic rings. The summed E-state index contributed by atoms with van der Waals surface area (Å²) in [6, 6.07) is 6.08. The van der Waals surface area contributed by atoms with Gasteiger partial charge in [0.25, 0.3) is 0 Å². The maximum Gasteiger partial charge on any atom is 0.307 e. The second-order valence-corrected chi connectivity index (χ2v) is 7.30. The van der Waals surface area contributed by atoms with Crippen LogP contribution in [0.2, 0.25) is 0 Å². The fourth-order valence-electron chi connectivity index (χ4n) is 4.45. The van der Waals surface area contributed by atoms with E-state index >= 15 is 0 Å². The van der Waals surface area contributed by atoms with Crippen molar-refractivity contribution < 1.29 is 14.7 Å². The molecule has 2 N–H and O–H groups in total. The van der Waals surface area contributed by atoms with Crippen LogP contribution in [-0.2, 0) is 9.59 Å². The molecule has 0 heterocycles. The van der Waals surface area contributed by atoms with Crippen LogP contribution in [0.25, 0.3) is 0 Å². The molecule has 2 aliphatic carbocycles. The summed E-state index contributed by atoms with van der Waals surface area (Å²) in [4.78, 5) is 24.3. The lowest BCUT2D eigenvalue weighted by molar-refractivity contribution is -0.149. The lowest BCUT2D eigenvalue weighted by Gasteiger charge is -2.28. The van der Waals surface area contributed by atoms with E-state index in [2.05, 4.69) is 31.3 Å². The first-order chi connectivity index (χ1) is 10.9. The summed E-state index contributed by atoms with van der Waals surface area (Å²) in [6.45, 7) is 6.09. The third-order valence-electron chi connectivity index (χ3n) is 5.89. The highest BCUT2D eigenvalue weighted by Gasteiger charge is 2.54. The van der Waals surface area contributed by atoms with E-state index in [0.717, 1.165) is 24.8 Å². The zero-order valence-corrected chi connectivity index (χ0v) is 14.0. The molecular weight excluding hydrogens is 290 g/mol. The van der Waals surface area contributed by atoms with E-state index in [-0.39, 0.29) is 29.7 Å². The first kappa shape index (κ1) is 16.0. The summed E-state index contributed by atoms with van der Waals surface area (Å²) in [5.41, 5.74) is 3.50. The standard InChI is InChI=1S/C19H25NO3/c1-10-4-5-13(8-11(10)2)12(3)20-18(21)16-14-6-7-15(9-14)17(16)19(22)23/h4-5,8,12,14-17H,6-7,9H2,1-3H3,(H,20,21)(H,22,23)/t12-,14-,15+,16+,17+/m1/s1. The van der Waals surface area contributed by atoms with E-state index in [1.807, 2.05) is 13.0 Å². The average molecular weight is 315 g/mol. The predicted octanol–water partition coefficient (Wildman–Crippen LogP) is 3.23. The fourth-order valence-corrected chi connectivity index (χ4v) is 4.45. The van der Waals surface area contributed by atoms with Gasteiger partial charge in [-0.25, -0.2) is 0 Å². The number of hydrogen-bond donors (Lipinski definition) is 2. The summed E-state index contributed by atoms with van der Waals surface area (Å²) in [5, 5.41) is 12.5. The summed E-state index contributed by atoms with van der Waals surface area (Å²) in [6.07, 6.45) is 2.84. The monoisotopic (exact) mass is 315 g/mol. The molecule has 4 heteroatoms. The molecule has 2 saturated carbocycles. The Balaban J connectivity index is 1.73. The smallest absolute Gasteiger partial charge is 0.307 e. The van der Waals surface area contributed by atoms with Crippen molar-refractivity contribution in [3.8, 4) is 0 Å². The Kier molecular flexibility index (Phi) is 4.17. The molecule has 0 radical (unpaired) electrons. The molecule has 2 fully saturated rings. The summed E-state index contributed by atoms with van der Waals surface area (Å²) >= 11 is 0. The van der Waals surface area contributed by atoms with E-state index in [4.69, 9.17) is 0 Å².